The summed E-state index contributed by atoms with van der Waals surface area (Å²) < 4.78 is 28.7. The molecule has 0 radical (unpaired) electrons. The number of aliphatic hydroxyl groups is 1. The lowest BCUT2D eigenvalue weighted by molar-refractivity contribution is -0.337. The summed E-state index contributed by atoms with van der Waals surface area (Å²) in [5, 5.41) is 15.2. The molecule has 6 atom stereocenters. The summed E-state index contributed by atoms with van der Waals surface area (Å²) in [6, 6.07) is 17.4. The average molecular weight is 425 g/mol. The molecule has 2 aromatic carbocycles. The molecular formula is C23H23NO7. The van der Waals surface area contributed by atoms with Crippen LogP contribution >= 0.6 is 0 Å². The van der Waals surface area contributed by atoms with Crippen molar-refractivity contribution in [3.63, 3.8) is 0 Å². The van der Waals surface area contributed by atoms with Gasteiger partial charge in [-0.05, 0) is 18.2 Å². The summed E-state index contributed by atoms with van der Waals surface area (Å²) in [5.74, 6) is 0. The van der Waals surface area contributed by atoms with Crippen molar-refractivity contribution < 1.29 is 28.5 Å². The van der Waals surface area contributed by atoms with Crippen molar-refractivity contribution in [2.75, 3.05) is 19.0 Å². The minimum atomic E-state index is -0.933. The molecule has 0 bridgehead atoms. The van der Waals surface area contributed by atoms with E-state index >= 15 is 0 Å². The SMILES string of the molecule is CO[C@H]1OC2COC(c3ccccc3)O[C@@H]2C(O)[C@H]1Nc1ccc2ccc(=O)oc2c1. The Morgan fingerprint density at radius 1 is 1.06 bits per heavy atom. The second kappa shape index (κ2) is 8.41. The fourth-order valence-corrected chi connectivity index (χ4v) is 4.07. The van der Waals surface area contributed by atoms with E-state index in [1.54, 1.807) is 12.1 Å². The number of rotatable bonds is 4. The predicted molar refractivity (Wildman–Crippen MR) is 112 cm³/mol. The molecule has 162 valence electrons. The second-order valence-electron chi connectivity index (χ2n) is 7.62. The highest BCUT2D eigenvalue weighted by Gasteiger charge is 2.49. The third-order valence-corrected chi connectivity index (χ3v) is 5.63. The molecule has 3 unspecified atom stereocenters. The zero-order chi connectivity index (χ0) is 21.4. The first kappa shape index (κ1) is 20.2. The number of aliphatic hydroxyl groups excluding tert-OH is 1. The lowest BCUT2D eigenvalue weighted by Gasteiger charge is -2.47. The smallest absolute Gasteiger partial charge is 0.336 e. The van der Waals surface area contributed by atoms with E-state index in [1.165, 1.54) is 13.2 Å². The molecule has 0 aliphatic carbocycles. The molecule has 2 aliphatic heterocycles. The van der Waals surface area contributed by atoms with Gasteiger partial charge in [0, 0.05) is 35.9 Å². The van der Waals surface area contributed by atoms with Gasteiger partial charge in [-0.2, -0.15) is 0 Å². The van der Waals surface area contributed by atoms with E-state index < -0.39 is 42.6 Å². The van der Waals surface area contributed by atoms with Gasteiger partial charge in [0.2, 0.25) is 0 Å². The molecule has 5 rings (SSSR count). The topological polar surface area (TPSA) is 99.4 Å². The maximum atomic E-state index is 11.5. The van der Waals surface area contributed by atoms with Crippen LogP contribution in [0.4, 0.5) is 5.69 Å². The number of anilines is 1. The molecule has 1 aromatic heterocycles. The van der Waals surface area contributed by atoms with Gasteiger partial charge in [-0.15, -0.1) is 0 Å². The van der Waals surface area contributed by atoms with E-state index in [-0.39, 0.29) is 6.61 Å². The molecule has 8 heteroatoms. The Morgan fingerprint density at radius 3 is 2.68 bits per heavy atom. The second-order valence-corrected chi connectivity index (χ2v) is 7.62. The summed E-state index contributed by atoms with van der Waals surface area (Å²) >= 11 is 0. The monoisotopic (exact) mass is 425 g/mol. The van der Waals surface area contributed by atoms with E-state index in [9.17, 15) is 9.90 Å². The van der Waals surface area contributed by atoms with Crippen LogP contribution in [-0.4, -0.2) is 49.5 Å². The van der Waals surface area contributed by atoms with E-state index in [2.05, 4.69) is 5.32 Å². The molecule has 0 amide bonds. The number of methoxy groups -OCH3 is 1. The van der Waals surface area contributed by atoms with Gasteiger partial charge in [-0.25, -0.2) is 4.79 Å². The van der Waals surface area contributed by atoms with Crippen LogP contribution in [0.1, 0.15) is 11.9 Å². The zero-order valence-corrected chi connectivity index (χ0v) is 16.8. The third-order valence-electron chi connectivity index (χ3n) is 5.63. The van der Waals surface area contributed by atoms with Crippen LogP contribution in [0.15, 0.2) is 69.9 Å². The Balaban J connectivity index is 1.38. The Bertz CT molecular complexity index is 1100. The van der Waals surface area contributed by atoms with Gasteiger partial charge in [0.1, 0.15) is 29.9 Å². The van der Waals surface area contributed by atoms with Crippen molar-refractivity contribution in [2.24, 2.45) is 0 Å². The molecule has 2 N–H and O–H groups in total. The largest absolute Gasteiger partial charge is 0.423 e. The van der Waals surface area contributed by atoms with Gasteiger partial charge in [0.15, 0.2) is 12.6 Å². The average Bonchev–Trinajstić information content (AvgIpc) is 2.81. The lowest BCUT2D eigenvalue weighted by Crippen LogP contribution is -2.64. The molecule has 2 saturated heterocycles. The summed E-state index contributed by atoms with van der Waals surface area (Å²) in [4.78, 5) is 11.5. The Morgan fingerprint density at radius 2 is 1.87 bits per heavy atom. The maximum absolute atomic E-state index is 11.5. The van der Waals surface area contributed by atoms with E-state index in [0.717, 1.165) is 10.9 Å². The van der Waals surface area contributed by atoms with Crippen LogP contribution in [0.3, 0.4) is 0 Å². The highest BCUT2D eigenvalue weighted by molar-refractivity contribution is 5.80. The van der Waals surface area contributed by atoms with Crippen LogP contribution in [-0.2, 0) is 18.9 Å². The molecule has 8 nitrogen and oxygen atoms in total. The quantitative estimate of drug-likeness (QED) is 0.615. The van der Waals surface area contributed by atoms with Crippen molar-refractivity contribution in [1.82, 2.24) is 0 Å². The first-order valence-electron chi connectivity index (χ1n) is 10.1. The van der Waals surface area contributed by atoms with Gasteiger partial charge in [0.25, 0.3) is 0 Å². The van der Waals surface area contributed by atoms with Crippen molar-refractivity contribution in [2.45, 2.75) is 36.9 Å². The number of benzene rings is 2. The van der Waals surface area contributed by atoms with Crippen LogP contribution in [0.5, 0.6) is 0 Å². The van der Waals surface area contributed by atoms with Crippen LogP contribution in [0.2, 0.25) is 0 Å². The lowest BCUT2D eigenvalue weighted by atomic mass is 9.95. The summed E-state index contributed by atoms with van der Waals surface area (Å²) in [7, 11) is 1.52. The Labute approximate surface area is 178 Å². The molecule has 2 aliphatic rings. The number of fused-ring (bicyclic) bond motifs is 2. The van der Waals surface area contributed by atoms with Crippen molar-refractivity contribution in [3.8, 4) is 0 Å². The Hall–Kier alpha value is -2.75. The fourth-order valence-electron chi connectivity index (χ4n) is 4.07. The molecule has 3 heterocycles. The minimum absolute atomic E-state index is 0.273. The fraction of sp³-hybridized carbons (Fsp3) is 0.348. The van der Waals surface area contributed by atoms with Crippen LogP contribution < -0.4 is 10.9 Å². The molecule has 31 heavy (non-hydrogen) atoms. The molecular weight excluding hydrogens is 402 g/mol. The normalized spacial score (nSPS) is 30.6. The van der Waals surface area contributed by atoms with Crippen LogP contribution in [0, 0.1) is 0 Å². The van der Waals surface area contributed by atoms with Crippen molar-refractivity contribution >= 4 is 16.7 Å². The molecule has 0 spiro atoms. The summed E-state index contributed by atoms with van der Waals surface area (Å²) in [5.41, 5.74) is 1.55. The highest BCUT2D eigenvalue weighted by atomic mass is 16.7. The number of hydrogen-bond donors (Lipinski definition) is 2. The standard InChI is InChI=1S/C23H23NO7/c1-27-23-19(24-15-9-7-13-8-10-18(25)29-16(13)11-15)20(26)21-17(30-23)12-28-22(31-21)14-5-3-2-4-6-14/h2-11,17,19-24,26H,12H2,1H3/t17?,19-,20?,21+,22?,23+/m1/s1. The predicted octanol–water partition coefficient (Wildman–Crippen LogP) is 2.42. The van der Waals surface area contributed by atoms with Gasteiger partial charge in [-0.1, -0.05) is 30.3 Å². The maximum Gasteiger partial charge on any atom is 0.336 e. The first-order chi connectivity index (χ1) is 15.1. The number of nitrogens with one attached hydrogen (secondary N) is 1. The summed E-state index contributed by atoms with van der Waals surface area (Å²) in [6.07, 6.45) is -3.32. The Kier molecular flexibility index (Phi) is 5.47. The first-order valence-corrected chi connectivity index (χ1v) is 10.1. The highest BCUT2D eigenvalue weighted by Crippen LogP contribution is 2.35. The molecule has 2 fully saturated rings. The van der Waals surface area contributed by atoms with E-state index in [0.29, 0.717) is 11.3 Å². The minimum Gasteiger partial charge on any atom is -0.423 e. The van der Waals surface area contributed by atoms with E-state index in [1.807, 2.05) is 42.5 Å². The van der Waals surface area contributed by atoms with Gasteiger partial charge in [0.05, 0.1) is 6.61 Å². The summed E-state index contributed by atoms with van der Waals surface area (Å²) in [6.45, 7) is 0.273. The number of hydrogen-bond acceptors (Lipinski definition) is 8. The van der Waals surface area contributed by atoms with Crippen LogP contribution in [0.25, 0.3) is 11.0 Å². The van der Waals surface area contributed by atoms with E-state index in [4.69, 9.17) is 23.4 Å². The molecule has 3 aromatic rings. The van der Waals surface area contributed by atoms with Crippen molar-refractivity contribution in [3.05, 3.63) is 76.6 Å². The third kappa shape index (κ3) is 3.96. The van der Waals surface area contributed by atoms with Gasteiger partial charge >= 0.3 is 5.63 Å². The van der Waals surface area contributed by atoms with Gasteiger partial charge < -0.3 is 33.8 Å². The zero-order valence-electron chi connectivity index (χ0n) is 16.8. The molecule has 0 saturated carbocycles. The van der Waals surface area contributed by atoms with Crippen molar-refractivity contribution in [1.29, 1.82) is 0 Å². The van der Waals surface area contributed by atoms with Gasteiger partial charge in [-0.3, -0.25) is 0 Å². The number of ether oxygens (including phenoxy) is 4.